The monoisotopic (exact) mass is 212 g/mol. The molecule has 0 spiro atoms. The van der Waals surface area contributed by atoms with Crippen LogP contribution in [0.5, 0.6) is 0 Å². The highest BCUT2D eigenvalue weighted by Crippen LogP contribution is 2.06. The number of ether oxygens (including phenoxy) is 1. The largest absolute Gasteiger partial charge is 0.380 e. The third-order valence-electron chi connectivity index (χ3n) is 2.35. The van der Waals surface area contributed by atoms with Crippen molar-refractivity contribution in [2.75, 3.05) is 20.2 Å². The van der Waals surface area contributed by atoms with Gasteiger partial charge in [-0.1, -0.05) is 0 Å². The van der Waals surface area contributed by atoms with Crippen LogP contribution in [0.3, 0.4) is 0 Å². The highest BCUT2D eigenvalue weighted by atomic mass is 16.5. The Morgan fingerprint density at radius 2 is 2.33 bits per heavy atom. The minimum Gasteiger partial charge on any atom is -0.380 e. The lowest BCUT2D eigenvalue weighted by Gasteiger charge is -2.14. The molecule has 5 heteroatoms. The summed E-state index contributed by atoms with van der Waals surface area (Å²) in [7, 11) is 3.59. The van der Waals surface area contributed by atoms with E-state index in [1.54, 1.807) is 18.0 Å². The van der Waals surface area contributed by atoms with E-state index < -0.39 is 0 Å². The van der Waals surface area contributed by atoms with Gasteiger partial charge in [0.2, 0.25) is 0 Å². The van der Waals surface area contributed by atoms with Crippen LogP contribution >= 0.6 is 0 Å². The summed E-state index contributed by atoms with van der Waals surface area (Å²) in [6.45, 7) is 3.56. The van der Waals surface area contributed by atoms with Gasteiger partial charge in [0.1, 0.15) is 0 Å². The number of hydrogen-bond acceptors (Lipinski definition) is 4. The zero-order chi connectivity index (χ0) is 11.3. The first-order valence-electron chi connectivity index (χ1n) is 5.11. The molecule has 2 atom stereocenters. The highest BCUT2D eigenvalue weighted by molar-refractivity contribution is 5.09. The molecule has 0 aliphatic carbocycles. The normalized spacial score (nSPS) is 15.2. The van der Waals surface area contributed by atoms with Gasteiger partial charge in [0.25, 0.3) is 0 Å². The summed E-state index contributed by atoms with van der Waals surface area (Å²) in [4.78, 5) is 0. The Labute approximate surface area is 90.6 Å². The quantitative estimate of drug-likeness (QED) is 0.699. The number of rotatable bonds is 6. The van der Waals surface area contributed by atoms with Crippen molar-refractivity contribution in [3.63, 3.8) is 0 Å². The number of aromatic nitrogens is 2. The zero-order valence-corrected chi connectivity index (χ0v) is 9.60. The Balaban J connectivity index is 2.27. The van der Waals surface area contributed by atoms with Crippen LogP contribution in [-0.2, 0) is 11.8 Å². The molecule has 15 heavy (non-hydrogen) atoms. The molecule has 86 valence electrons. The van der Waals surface area contributed by atoms with E-state index in [1.165, 1.54) is 0 Å². The average molecular weight is 212 g/mol. The molecule has 0 saturated carbocycles. The molecule has 1 rings (SSSR count). The lowest BCUT2D eigenvalue weighted by atomic mass is 10.2. The second-order valence-corrected chi connectivity index (χ2v) is 3.76. The smallest absolute Gasteiger partial charge is 0.0667 e. The average Bonchev–Trinajstić information content (AvgIpc) is 2.64. The van der Waals surface area contributed by atoms with Gasteiger partial charge in [0.05, 0.1) is 12.3 Å². The van der Waals surface area contributed by atoms with Gasteiger partial charge < -0.3 is 15.8 Å². The van der Waals surface area contributed by atoms with Crippen molar-refractivity contribution in [3.8, 4) is 0 Å². The van der Waals surface area contributed by atoms with Gasteiger partial charge in [-0.25, -0.2) is 0 Å². The van der Waals surface area contributed by atoms with Crippen LogP contribution in [0.1, 0.15) is 18.5 Å². The Kier molecular flexibility index (Phi) is 4.74. The van der Waals surface area contributed by atoms with Crippen LogP contribution in [0.2, 0.25) is 0 Å². The number of hydrogen-bond donors (Lipinski definition) is 2. The Morgan fingerprint density at radius 1 is 1.60 bits per heavy atom. The molecule has 0 aliphatic heterocycles. The summed E-state index contributed by atoms with van der Waals surface area (Å²) >= 11 is 0. The summed E-state index contributed by atoms with van der Waals surface area (Å²) < 4.78 is 6.88. The molecule has 1 aromatic heterocycles. The van der Waals surface area contributed by atoms with E-state index in [0.29, 0.717) is 0 Å². The van der Waals surface area contributed by atoms with Gasteiger partial charge in [-0.15, -0.1) is 0 Å². The molecule has 0 saturated heterocycles. The molecule has 2 unspecified atom stereocenters. The first-order chi connectivity index (χ1) is 7.13. The predicted molar refractivity (Wildman–Crippen MR) is 59.5 cm³/mol. The molecule has 0 amide bonds. The molecule has 0 bridgehead atoms. The molecule has 5 nitrogen and oxygen atoms in total. The van der Waals surface area contributed by atoms with Crippen LogP contribution in [0, 0.1) is 0 Å². The maximum Gasteiger partial charge on any atom is 0.0667 e. The van der Waals surface area contributed by atoms with Gasteiger partial charge in [-0.3, -0.25) is 4.68 Å². The molecule has 1 aromatic rings. The van der Waals surface area contributed by atoms with Gasteiger partial charge in [0, 0.05) is 45.0 Å². The zero-order valence-electron chi connectivity index (χ0n) is 9.60. The Morgan fingerprint density at radius 3 is 2.87 bits per heavy atom. The van der Waals surface area contributed by atoms with E-state index in [-0.39, 0.29) is 12.1 Å². The fraction of sp³-hybridized carbons (Fsp3) is 0.700. The van der Waals surface area contributed by atoms with Crippen molar-refractivity contribution < 1.29 is 4.74 Å². The third-order valence-corrected chi connectivity index (χ3v) is 2.35. The molecule has 0 fully saturated rings. The summed E-state index contributed by atoms with van der Waals surface area (Å²) in [5, 5.41) is 7.34. The molecular formula is C10H20N4O. The van der Waals surface area contributed by atoms with E-state index >= 15 is 0 Å². The van der Waals surface area contributed by atoms with E-state index in [2.05, 4.69) is 10.4 Å². The summed E-state index contributed by atoms with van der Waals surface area (Å²) in [6, 6.07) is -0.0113. The van der Waals surface area contributed by atoms with Crippen LogP contribution < -0.4 is 11.1 Å². The van der Waals surface area contributed by atoms with Crippen molar-refractivity contribution in [2.45, 2.75) is 19.1 Å². The van der Waals surface area contributed by atoms with Gasteiger partial charge >= 0.3 is 0 Å². The van der Waals surface area contributed by atoms with Crippen LogP contribution in [0.15, 0.2) is 12.4 Å². The Bertz CT molecular complexity index is 287. The lowest BCUT2D eigenvalue weighted by Crippen LogP contribution is -2.32. The van der Waals surface area contributed by atoms with Crippen LogP contribution in [0.4, 0.5) is 0 Å². The molecule has 3 N–H and O–H groups in total. The Hall–Kier alpha value is -0.910. The highest BCUT2D eigenvalue weighted by Gasteiger charge is 2.08. The fourth-order valence-corrected chi connectivity index (χ4v) is 1.27. The van der Waals surface area contributed by atoms with Gasteiger partial charge in [0.15, 0.2) is 0 Å². The maximum absolute atomic E-state index is 5.98. The summed E-state index contributed by atoms with van der Waals surface area (Å²) in [5.41, 5.74) is 7.03. The molecule has 0 aromatic carbocycles. The first-order valence-corrected chi connectivity index (χ1v) is 5.11. The first kappa shape index (κ1) is 12.2. The topological polar surface area (TPSA) is 65.1 Å². The van der Waals surface area contributed by atoms with Crippen molar-refractivity contribution in [1.29, 1.82) is 0 Å². The van der Waals surface area contributed by atoms with Gasteiger partial charge in [-0.2, -0.15) is 5.10 Å². The minimum absolute atomic E-state index is 0.0113. The lowest BCUT2D eigenvalue weighted by molar-refractivity contribution is 0.117. The van der Waals surface area contributed by atoms with Crippen molar-refractivity contribution in [3.05, 3.63) is 18.0 Å². The van der Waals surface area contributed by atoms with Crippen molar-refractivity contribution >= 4 is 0 Å². The van der Waals surface area contributed by atoms with E-state index in [9.17, 15) is 0 Å². The second kappa shape index (κ2) is 5.85. The van der Waals surface area contributed by atoms with Gasteiger partial charge in [-0.05, 0) is 6.92 Å². The number of nitrogens with zero attached hydrogens (tertiary/aromatic N) is 2. The molecule has 0 radical (unpaired) electrons. The van der Waals surface area contributed by atoms with E-state index in [0.717, 1.165) is 18.7 Å². The van der Waals surface area contributed by atoms with Crippen LogP contribution in [0.25, 0.3) is 0 Å². The van der Waals surface area contributed by atoms with Crippen molar-refractivity contribution in [2.24, 2.45) is 12.8 Å². The number of methoxy groups -OCH3 is 1. The van der Waals surface area contributed by atoms with Crippen LogP contribution in [-0.4, -0.2) is 36.1 Å². The summed E-state index contributed by atoms with van der Waals surface area (Å²) in [6.07, 6.45) is 3.95. The number of nitrogens with two attached hydrogens (primary N) is 1. The fourth-order valence-electron chi connectivity index (χ4n) is 1.27. The molecule has 1 heterocycles. The minimum atomic E-state index is -0.0113. The van der Waals surface area contributed by atoms with Crippen molar-refractivity contribution in [1.82, 2.24) is 15.1 Å². The number of nitrogens with one attached hydrogen (secondary N) is 1. The number of aryl methyl sites for hydroxylation is 1. The molecular weight excluding hydrogens is 192 g/mol. The molecule has 0 aliphatic rings. The predicted octanol–water partition coefficient (Wildman–Crippen LogP) is 0.0444. The standard InChI is InChI=1S/C10H20N4O/c1-8(15-3)4-12-6-10(11)9-5-13-14(2)7-9/h5,7-8,10,12H,4,6,11H2,1-3H3. The SMILES string of the molecule is COC(C)CNCC(N)c1cnn(C)c1. The van der Waals surface area contributed by atoms with E-state index in [4.69, 9.17) is 10.5 Å². The summed E-state index contributed by atoms with van der Waals surface area (Å²) in [5.74, 6) is 0. The van der Waals surface area contributed by atoms with E-state index in [1.807, 2.05) is 20.2 Å². The maximum atomic E-state index is 5.98. The third kappa shape index (κ3) is 3.99. The second-order valence-electron chi connectivity index (χ2n) is 3.76.